The number of hydrogen-bond acceptors (Lipinski definition) is 5. The van der Waals surface area contributed by atoms with Crippen LogP contribution >= 0.6 is 11.3 Å². The fourth-order valence-electron chi connectivity index (χ4n) is 2.92. The number of fused-ring (bicyclic) bond motifs is 1. The van der Waals surface area contributed by atoms with Crippen molar-refractivity contribution in [3.63, 3.8) is 0 Å². The van der Waals surface area contributed by atoms with Crippen molar-refractivity contribution >= 4 is 22.0 Å². The maximum Gasteiger partial charge on any atom is 0.273 e. The summed E-state index contributed by atoms with van der Waals surface area (Å²) >= 11 is 1.40. The van der Waals surface area contributed by atoms with Crippen LogP contribution in [0.25, 0.3) is 4.96 Å². The molecule has 138 valence electrons. The van der Waals surface area contributed by atoms with Crippen LogP contribution in [0.15, 0.2) is 22.1 Å². The van der Waals surface area contributed by atoms with Gasteiger partial charge in [0.25, 0.3) is 11.5 Å². The van der Waals surface area contributed by atoms with E-state index in [1.165, 1.54) is 26.5 Å². The maximum absolute atomic E-state index is 13.6. The summed E-state index contributed by atoms with van der Waals surface area (Å²) in [6.45, 7) is 6.33. The molecule has 0 fully saturated rings. The molecule has 0 saturated carbocycles. The summed E-state index contributed by atoms with van der Waals surface area (Å²) in [5.74, 6) is -2.96. The SMILES string of the molecule is CN=C(C)c1c(C)sc2nc(Cn3ncc(C(C)(F)F)c3C)cc(=O)n12. The van der Waals surface area contributed by atoms with Crippen LogP contribution in [0.1, 0.15) is 41.4 Å². The minimum atomic E-state index is -2.96. The molecule has 6 nitrogen and oxygen atoms in total. The Kier molecular flexibility index (Phi) is 4.51. The van der Waals surface area contributed by atoms with Crippen LogP contribution in [0.5, 0.6) is 0 Å². The van der Waals surface area contributed by atoms with E-state index in [1.54, 1.807) is 14.0 Å². The van der Waals surface area contributed by atoms with Crippen molar-refractivity contribution in [2.75, 3.05) is 7.05 Å². The highest BCUT2D eigenvalue weighted by Crippen LogP contribution is 2.29. The van der Waals surface area contributed by atoms with Crippen LogP contribution in [0.3, 0.4) is 0 Å². The van der Waals surface area contributed by atoms with Crippen molar-refractivity contribution in [3.05, 3.63) is 50.1 Å². The van der Waals surface area contributed by atoms with Crippen molar-refractivity contribution in [2.24, 2.45) is 4.99 Å². The molecule has 26 heavy (non-hydrogen) atoms. The molecule has 0 unspecified atom stereocenters. The first kappa shape index (κ1) is 18.4. The number of aromatic nitrogens is 4. The third-order valence-corrected chi connectivity index (χ3v) is 5.26. The highest BCUT2D eigenvalue weighted by Gasteiger charge is 2.29. The summed E-state index contributed by atoms with van der Waals surface area (Å²) in [6, 6.07) is 1.41. The average molecular weight is 379 g/mol. The zero-order valence-electron chi connectivity index (χ0n) is 15.2. The predicted molar refractivity (Wildman–Crippen MR) is 97.8 cm³/mol. The summed E-state index contributed by atoms with van der Waals surface area (Å²) in [7, 11) is 1.67. The molecule has 0 aliphatic heterocycles. The average Bonchev–Trinajstić information content (AvgIpc) is 3.06. The Labute approximate surface area is 152 Å². The molecule has 0 aromatic carbocycles. The standard InChI is InChI=1S/C17H19F2N5OS/c1-9(20-5)15-11(3)26-16-22-12(6-14(25)24(15)16)8-23-10(2)13(7-21-23)17(4,18)19/h6-7H,8H2,1-5H3. The molecule has 9 heteroatoms. The fourth-order valence-corrected chi connectivity index (χ4v) is 3.96. The Balaban J connectivity index is 2.06. The van der Waals surface area contributed by atoms with Gasteiger partial charge in [0.1, 0.15) is 0 Å². The Hall–Kier alpha value is -2.42. The highest BCUT2D eigenvalue weighted by molar-refractivity contribution is 7.17. The monoisotopic (exact) mass is 379 g/mol. The lowest BCUT2D eigenvalue weighted by atomic mass is 10.1. The van der Waals surface area contributed by atoms with Gasteiger partial charge in [0, 0.05) is 30.6 Å². The number of thiazole rings is 1. The lowest BCUT2D eigenvalue weighted by Crippen LogP contribution is -2.20. The molecule has 3 heterocycles. The first-order valence-electron chi connectivity index (χ1n) is 8.00. The smallest absolute Gasteiger partial charge is 0.273 e. The first-order chi connectivity index (χ1) is 12.1. The zero-order chi connectivity index (χ0) is 19.2. The molecule has 0 N–H and O–H groups in total. The van der Waals surface area contributed by atoms with Gasteiger partial charge >= 0.3 is 0 Å². The topological polar surface area (TPSA) is 64.5 Å². The molecule has 0 atom stereocenters. The number of rotatable bonds is 4. The third kappa shape index (κ3) is 3.07. The van der Waals surface area contributed by atoms with Crippen molar-refractivity contribution in [2.45, 2.75) is 40.2 Å². The van der Waals surface area contributed by atoms with Gasteiger partial charge in [-0.1, -0.05) is 0 Å². The Bertz CT molecular complexity index is 1070. The second-order valence-corrected chi connectivity index (χ2v) is 7.39. The van der Waals surface area contributed by atoms with Crippen LogP contribution in [0.4, 0.5) is 8.78 Å². The number of aliphatic imine (C=N–C) groups is 1. The molecule has 0 radical (unpaired) electrons. The molecule has 0 aliphatic carbocycles. The van der Waals surface area contributed by atoms with Crippen molar-refractivity contribution < 1.29 is 8.78 Å². The van der Waals surface area contributed by atoms with Gasteiger partial charge in [-0.3, -0.25) is 14.5 Å². The molecule has 3 aromatic heterocycles. The Morgan fingerprint density at radius 1 is 1.38 bits per heavy atom. The predicted octanol–water partition coefficient (Wildman–Crippen LogP) is 3.17. The zero-order valence-corrected chi connectivity index (χ0v) is 16.0. The molecule has 0 amide bonds. The highest BCUT2D eigenvalue weighted by atomic mass is 32.1. The van der Waals surface area contributed by atoms with Gasteiger partial charge in [0.2, 0.25) is 0 Å². The van der Waals surface area contributed by atoms with Gasteiger partial charge in [-0.05, 0) is 20.8 Å². The van der Waals surface area contributed by atoms with E-state index in [2.05, 4.69) is 15.1 Å². The summed E-state index contributed by atoms with van der Waals surface area (Å²) < 4.78 is 30.1. The largest absolute Gasteiger partial charge is 0.291 e. The molecule has 0 saturated heterocycles. The van der Waals surface area contributed by atoms with Crippen molar-refractivity contribution in [1.82, 2.24) is 19.2 Å². The number of aryl methyl sites for hydroxylation is 1. The van der Waals surface area contributed by atoms with Crippen LogP contribution in [0.2, 0.25) is 0 Å². The van der Waals surface area contributed by atoms with Gasteiger partial charge in [-0.15, -0.1) is 11.3 Å². The summed E-state index contributed by atoms with van der Waals surface area (Å²) in [4.78, 5) is 22.8. The molecule has 0 aliphatic rings. The number of halogens is 2. The Morgan fingerprint density at radius 3 is 2.65 bits per heavy atom. The third-order valence-electron chi connectivity index (χ3n) is 4.31. The van der Waals surface area contributed by atoms with E-state index in [4.69, 9.17) is 0 Å². The quantitative estimate of drug-likeness (QED) is 0.654. The van der Waals surface area contributed by atoms with E-state index in [0.29, 0.717) is 16.3 Å². The first-order valence-corrected chi connectivity index (χ1v) is 8.81. The lowest BCUT2D eigenvalue weighted by molar-refractivity contribution is 0.0167. The van der Waals surface area contributed by atoms with Gasteiger partial charge in [0.05, 0.1) is 35.4 Å². The number of nitrogens with zero attached hydrogens (tertiary/aromatic N) is 5. The second kappa shape index (κ2) is 6.39. The van der Waals surface area contributed by atoms with E-state index in [0.717, 1.165) is 29.4 Å². The summed E-state index contributed by atoms with van der Waals surface area (Å²) in [6.07, 6.45) is 1.16. The molecule has 0 spiro atoms. The van der Waals surface area contributed by atoms with Gasteiger partial charge < -0.3 is 0 Å². The van der Waals surface area contributed by atoms with Crippen LogP contribution in [0, 0.1) is 13.8 Å². The number of hydrogen-bond donors (Lipinski definition) is 0. The minimum absolute atomic E-state index is 0.126. The minimum Gasteiger partial charge on any atom is -0.291 e. The van der Waals surface area contributed by atoms with Crippen molar-refractivity contribution in [1.29, 1.82) is 0 Å². The Morgan fingerprint density at radius 2 is 2.08 bits per heavy atom. The van der Waals surface area contributed by atoms with E-state index < -0.39 is 5.92 Å². The van der Waals surface area contributed by atoms with Gasteiger partial charge in [-0.2, -0.15) is 5.10 Å². The molecule has 3 rings (SSSR count). The lowest BCUT2D eigenvalue weighted by Gasteiger charge is -2.10. The number of alkyl halides is 2. The fraction of sp³-hybridized carbons (Fsp3) is 0.412. The van der Waals surface area contributed by atoms with Crippen molar-refractivity contribution in [3.8, 4) is 0 Å². The molecule has 3 aromatic rings. The molecular weight excluding hydrogens is 360 g/mol. The van der Waals surface area contributed by atoms with Crippen LogP contribution in [-0.4, -0.2) is 31.9 Å². The molecular formula is C17H19F2N5OS. The van der Waals surface area contributed by atoms with E-state index in [-0.39, 0.29) is 17.7 Å². The summed E-state index contributed by atoms with van der Waals surface area (Å²) in [5, 5.41) is 4.02. The normalized spacial score (nSPS) is 13.0. The molecule has 0 bridgehead atoms. The van der Waals surface area contributed by atoms with E-state index >= 15 is 0 Å². The second-order valence-electron chi connectivity index (χ2n) is 6.21. The van der Waals surface area contributed by atoms with E-state index in [1.807, 2.05) is 13.8 Å². The van der Waals surface area contributed by atoms with E-state index in [9.17, 15) is 13.6 Å². The van der Waals surface area contributed by atoms with Crippen LogP contribution < -0.4 is 5.56 Å². The van der Waals surface area contributed by atoms with Crippen LogP contribution in [-0.2, 0) is 12.5 Å². The van der Waals surface area contributed by atoms with Gasteiger partial charge in [-0.25, -0.2) is 18.2 Å². The van der Waals surface area contributed by atoms with Gasteiger partial charge in [0.15, 0.2) is 4.96 Å². The maximum atomic E-state index is 13.6. The summed E-state index contributed by atoms with van der Waals surface area (Å²) in [5.41, 5.74) is 1.99.